The third kappa shape index (κ3) is 4.92. The zero-order valence-corrected chi connectivity index (χ0v) is 15.6. The lowest BCUT2D eigenvalue weighted by molar-refractivity contribution is -0.384. The highest BCUT2D eigenvalue weighted by atomic mass is 32.1. The Morgan fingerprint density at radius 1 is 1.00 bits per heavy atom. The van der Waals surface area contributed by atoms with Gasteiger partial charge < -0.3 is 10.6 Å². The Hall–Kier alpha value is -3.19. The number of nitrogens with one attached hydrogen (secondary N) is 2. The molecule has 6 nitrogen and oxygen atoms in total. The standard InChI is InChI=1S/C20H19N3O3S/c1-2-20(24)22-16-7-5-15(6-8-16)21-13-18-11-12-19(27-18)14-3-9-17(10-4-14)23(25)26/h3-12,21H,2,13H2,1H3,(H,22,24). The fraction of sp³-hybridized carbons (Fsp3) is 0.150. The maximum absolute atomic E-state index is 11.4. The minimum atomic E-state index is -0.396. The maximum Gasteiger partial charge on any atom is 0.269 e. The normalized spacial score (nSPS) is 10.4. The number of rotatable bonds is 7. The van der Waals surface area contributed by atoms with E-state index in [0.717, 1.165) is 26.7 Å². The van der Waals surface area contributed by atoms with Gasteiger partial charge in [0.2, 0.25) is 5.91 Å². The monoisotopic (exact) mass is 381 g/mol. The molecule has 0 aliphatic carbocycles. The Morgan fingerprint density at radius 2 is 1.67 bits per heavy atom. The summed E-state index contributed by atoms with van der Waals surface area (Å²) >= 11 is 1.64. The molecule has 2 N–H and O–H groups in total. The van der Waals surface area contributed by atoms with Crippen molar-refractivity contribution in [2.45, 2.75) is 19.9 Å². The largest absolute Gasteiger partial charge is 0.380 e. The number of thiophene rings is 1. The number of amides is 1. The second-order valence-corrected chi connectivity index (χ2v) is 7.07. The highest BCUT2D eigenvalue weighted by Gasteiger charge is 2.07. The van der Waals surface area contributed by atoms with Gasteiger partial charge in [-0.2, -0.15) is 0 Å². The van der Waals surface area contributed by atoms with Crippen LogP contribution >= 0.6 is 11.3 Å². The molecule has 2 aromatic carbocycles. The first-order chi connectivity index (χ1) is 13.0. The number of hydrogen-bond donors (Lipinski definition) is 2. The minimum absolute atomic E-state index is 0.00642. The first-order valence-electron chi connectivity index (χ1n) is 8.52. The van der Waals surface area contributed by atoms with Gasteiger partial charge in [-0.1, -0.05) is 6.92 Å². The fourth-order valence-electron chi connectivity index (χ4n) is 2.49. The summed E-state index contributed by atoms with van der Waals surface area (Å²) in [7, 11) is 0. The summed E-state index contributed by atoms with van der Waals surface area (Å²) in [5.41, 5.74) is 2.81. The van der Waals surface area contributed by atoms with E-state index >= 15 is 0 Å². The SMILES string of the molecule is CCC(=O)Nc1ccc(NCc2ccc(-c3ccc([N+](=O)[O-])cc3)s2)cc1. The van der Waals surface area contributed by atoms with Crippen molar-refractivity contribution < 1.29 is 9.72 Å². The van der Waals surface area contributed by atoms with Crippen molar-refractivity contribution >= 4 is 34.3 Å². The van der Waals surface area contributed by atoms with E-state index in [2.05, 4.69) is 10.6 Å². The number of nitro benzene ring substituents is 1. The molecule has 0 atom stereocenters. The topological polar surface area (TPSA) is 84.3 Å². The van der Waals surface area contributed by atoms with Gasteiger partial charge in [0, 0.05) is 46.2 Å². The molecule has 0 bridgehead atoms. The summed E-state index contributed by atoms with van der Waals surface area (Å²) < 4.78 is 0. The smallest absolute Gasteiger partial charge is 0.269 e. The molecule has 0 radical (unpaired) electrons. The molecule has 0 fully saturated rings. The van der Waals surface area contributed by atoms with E-state index < -0.39 is 4.92 Å². The van der Waals surface area contributed by atoms with Gasteiger partial charge in [0.15, 0.2) is 0 Å². The Morgan fingerprint density at radius 3 is 2.30 bits per heavy atom. The van der Waals surface area contributed by atoms with Crippen molar-refractivity contribution in [2.24, 2.45) is 0 Å². The van der Waals surface area contributed by atoms with Gasteiger partial charge in [0.25, 0.3) is 5.69 Å². The molecule has 0 saturated carbocycles. The summed E-state index contributed by atoms with van der Waals surface area (Å²) in [5, 5.41) is 16.9. The van der Waals surface area contributed by atoms with Gasteiger partial charge in [-0.15, -0.1) is 11.3 Å². The summed E-state index contributed by atoms with van der Waals surface area (Å²) in [5.74, 6) is -0.00642. The molecule has 0 saturated heterocycles. The van der Waals surface area contributed by atoms with Gasteiger partial charge in [0.1, 0.15) is 0 Å². The number of carbonyl (C=O) groups excluding carboxylic acids is 1. The molecule has 138 valence electrons. The number of nitro groups is 1. The van der Waals surface area contributed by atoms with Crippen LogP contribution in [0.3, 0.4) is 0 Å². The Bertz CT molecular complexity index is 934. The predicted molar refractivity (Wildman–Crippen MR) is 109 cm³/mol. The highest BCUT2D eigenvalue weighted by Crippen LogP contribution is 2.30. The summed E-state index contributed by atoms with van der Waals surface area (Å²) in [6.07, 6.45) is 0.454. The molecular formula is C20H19N3O3S. The van der Waals surface area contributed by atoms with Crippen molar-refractivity contribution in [2.75, 3.05) is 10.6 Å². The number of carbonyl (C=O) groups is 1. The zero-order valence-electron chi connectivity index (χ0n) is 14.8. The van der Waals surface area contributed by atoms with Crippen LogP contribution in [0.2, 0.25) is 0 Å². The predicted octanol–water partition coefficient (Wildman–Crippen LogP) is 5.28. The van der Waals surface area contributed by atoms with Gasteiger partial charge in [0.05, 0.1) is 4.92 Å². The van der Waals surface area contributed by atoms with Crippen molar-refractivity contribution in [3.8, 4) is 10.4 Å². The van der Waals surface area contributed by atoms with Crippen molar-refractivity contribution in [1.82, 2.24) is 0 Å². The van der Waals surface area contributed by atoms with Crippen LogP contribution in [0, 0.1) is 10.1 Å². The van der Waals surface area contributed by atoms with Crippen LogP contribution in [0.25, 0.3) is 10.4 Å². The molecule has 1 heterocycles. The third-order valence-electron chi connectivity index (χ3n) is 3.98. The highest BCUT2D eigenvalue weighted by molar-refractivity contribution is 7.15. The van der Waals surface area contributed by atoms with E-state index in [1.54, 1.807) is 23.5 Å². The van der Waals surface area contributed by atoms with Crippen LogP contribution in [0.5, 0.6) is 0 Å². The van der Waals surface area contributed by atoms with Gasteiger partial charge >= 0.3 is 0 Å². The summed E-state index contributed by atoms with van der Waals surface area (Å²) in [6.45, 7) is 2.50. The van der Waals surface area contributed by atoms with Crippen LogP contribution < -0.4 is 10.6 Å². The number of anilines is 2. The van der Waals surface area contributed by atoms with Crippen LogP contribution in [-0.4, -0.2) is 10.8 Å². The molecule has 1 amide bonds. The lowest BCUT2D eigenvalue weighted by Crippen LogP contribution is -2.09. The average Bonchev–Trinajstić information content (AvgIpc) is 3.16. The molecule has 3 rings (SSSR count). The Balaban J connectivity index is 1.59. The fourth-order valence-corrected chi connectivity index (χ4v) is 3.44. The second kappa shape index (κ2) is 8.46. The van der Waals surface area contributed by atoms with Gasteiger partial charge in [-0.3, -0.25) is 14.9 Å². The van der Waals surface area contributed by atoms with Crippen LogP contribution in [0.1, 0.15) is 18.2 Å². The molecule has 0 unspecified atom stereocenters. The molecular weight excluding hydrogens is 362 g/mol. The van der Waals surface area contributed by atoms with E-state index in [1.807, 2.05) is 43.3 Å². The van der Waals surface area contributed by atoms with E-state index in [9.17, 15) is 14.9 Å². The molecule has 7 heteroatoms. The maximum atomic E-state index is 11.4. The zero-order chi connectivity index (χ0) is 19.2. The lowest BCUT2D eigenvalue weighted by atomic mass is 10.2. The number of non-ortho nitro benzene ring substituents is 1. The number of hydrogen-bond acceptors (Lipinski definition) is 5. The van der Waals surface area contributed by atoms with E-state index in [0.29, 0.717) is 13.0 Å². The summed E-state index contributed by atoms with van der Waals surface area (Å²) in [4.78, 5) is 24.0. The molecule has 27 heavy (non-hydrogen) atoms. The number of nitrogens with zero attached hydrogens (tertiary/aromatic N) is 1. The quantitative estimate of drug-likeness (QED) is 0.430. The molecule has 1 aromatic heterocycles. The molecule has 0 spiro atoms. The van der Waals surface area contributed by atoms with E-state index in [-0.39, 0.29) is 11.6 Å². The number of benzene rings is 2. The lowest BCUT2D eigenvalue weighted by Gasteiger charge is -2.07. The molecule has 3 aromatic rings. The van der Waals surface area contributed by atoms with Gasteiger partial charge in [-0.05, 0) is 54.1 Å². The second-order valence-electron chi connectivity index (χ2n) is 5.90. The first-order valence-corrected chi connectivity index (χ1v) is 9.34. The van der Waals surface area contributed by atoms with Crippen molar-refractivity contribution in [1.29, 1.82) is 0 Å². The Kier molecular flexibility index (Phi) is 5.83. The van der Waals surface area contributed by atoms with Crippen LogP contribution in [0.15, 0.2) is 60.7 Å². The van der Waals surface area contributed by atoms with Crippen LogP contribution in [-0.2, 0) is 11.3 Å². The minimum Gasteiger partial charge on any atom is -0.380 e. The van der Waals surface area contributed by atoms with E-state index in [1.165, 1.54) is 12.1 Å². The Labute approximate surface area is 161 Å². The van der Waals surface area contributed by atoms with Gasteiger partial charge in [-0.25, -0.2) is 0 Å². The molecule has 0 aliphatic heterocycles. The van der Waals surface area contributed by atoms with Crippen molar-refractivity contribution in [3.05, 3.63) is 75.7 Å². The first kappa shape index (κ1) is 18.6. The average molecular weight is 381 g/mol. The molecule has 0 aliphatic rings. The third-order valence-corrected chi connectivity index (χ3v) is 5.12. The summed E-state index contributed by atoms with van der Waals surface area (Å²) in [6, 6.07) is 18.2. The van der Waals surface area contributed by atoms with E-state index in [4.69, 9.17) is 0 Å². The van der Waals surface area contributed by atoms with Crippen LogP contribution in [0.4, 0.5) is 17.1 Å². The van der Waals surface area contributed by atoms with Crippen molar-refractivity contribution in [3.63, 3.8) is 0 Å².